The summed E-state index contributed by atoms with van der Waals surface area (Å²) in [5.74, 6) is -0.600. The maximum absolute atomic E-state index is 12.4. The Morgan fingerprint density at radius 3 is 0.756 bits per heavy atom. The van der Waals surface area contributed by atoms with Crippen LogP contribution in [0.3, 0.4) is 0 Å². The van der Waals surface area contributed by atoms with E-state index < -0.39 is 6.10 Å². The van der Waals surface area contributed by atoms with E-state index in [1.807, 2.05) is 0 Å². The summed E-state index contributed by atoms with van der Waals surface area (Å²) in [5, 5.41) is 9.71. The molecule has 0 spiro atoms. The van der Waals surface area contributed by atoms with E-state index in [9.17, 15) is 14.7 Å². The van der Waals surface area contributed by atoms with Crippen LogP contribution in [0.2, 0.25) is 0 Å². The third-order valence-electron chi connectivity index (χ3n) is 16.2. The lowest BCUT2D eigenvalue weighted by Gasteiger charge is -2.15. The summed E-state index contributed by atoms with van der Waals surface area (Å²) in [5.41, 5.74) is 0. The van der Waals surface area contributed by atoms with E-state index in [-0.39, 0.29) is 25.2 Å². The molecule has 1 atom stereocenters. The Bertz CT molecular complexity index is 1690. The molecule has 5 nitrogen and oxygen atoms in total. The van der Waals surface area contributed by atoms with Crippen LogP contribution in [-0.4, -0.2) is 36.4 Å². The van der Waals surface area contributed by atoms with E-state index in [0.717, 1.165) is 103 Å². The van der Waals surface area contributed by atoms with Crippen molar-refractivity contribution >= 4 is 11.9 Å². The highest BCUT2D eigenvalue weighted by molar-refractivity contribution is 5.70. The number of hydrogen-bond donors (Lipinski definition) is 1. The Morgan fingerprint density at radius 1 is 0.279 bits per heavy atom. The highest BCUT2D eigenvalue weighted by atomic mass is 16.6. The van der Waals surface area contributed by atoms with Gasteiger partial charge in [0.25, 0.3) is 0 Å². The average molecular weight is 1190 g/mol. The summed E-state index contributed by atoms with van der Waals surface area (Å²) >= 11 is 0. The van der Waals surface area contributed by atoms with E-state index in [1.165, 1.54) is 231 Å². The number of unbranched alkanes of at least 4 members (excludes halogenated alkanes) is 40. The van der Waals surface area contributed by atoms with Crippen LogP contribution in [0.15, 0.2) is 122 Å². The molecule has 0 aromatic carbocycles. The van der Waals surface area contributed by atoms with Crippen LogP contribution < -0.4 is 0 Å². The molecule has 0 bridgehead atoms. The first-order valence-corrected chi connectivity index (χ1v) is 37.1. The minimum atomic E-state index is -0.788. The van der Waals surface area contributed by atoms with Crippen LogP contribution in [0.5, 0.6) is 0 Å². The Morgan fingerprint density at radius 2 is 0.500 bits per heavy atom. The number of aliphatic hydroxyl groups excluding tert-OH is 1. The van der Waals surface area contributed by atoms with E-state index >= 15 is 0 Å². The number of aliphatic hydroxyl groups is 1. The smallest absolute Gasteiger partial charge is 0.306 e. The van der Waals surface area contributed by atoms with Crippen molar-refractivity contribution in [2.24, 2.45) is 0 Å². The summed E-state index contributed by atoms with van der Waals surface area (Å²) in [6, 6.07) is 0. The predicted molar refractivity (Wildman–Crippen MR) is 380 cm³/mol. The standard InChI is InChI=1S/C81H140O5/c1-3-5-7-9-11-13-15-17-19-21-23-25-27-29-31-33-35-36-37-38-39-40-41-42-43-44-46-47-49-51-53-55-57-59-61-63-65-67-69-71-73-75-80(83)85-78-79(77-82)86-81(84)76-74-72-70-68-66-64-62-60-58-56-54-52-50-48-45-34-32-30-28-26-24-22-20-18-16-14-12-10-8-6-4-2/h6,8,12,14-15,17-18,20-21,23-24,26,30,32,45,48,52,54,58,60,79,82H,3-5,7,9-11,13,16,19,22,25,27-29,31,33-44,46-47,49-51,53,55-57,59,61-78H2,1-2H3/b8-6-,14-12-,17-15-,20-18-,23-21-,26-24-,32-30-,48-45-,54-52-,60-58-. The van der Waals surface area contributed by atoms with E-state index in [4.69, 9.17) is 9.47 Å². The van der Waals surface area contributed by atoms with Gasteiger partial charge in [-0.3, -0.25) is 9.59 Å². The molecule has 0 fully saturated rings. The Kier molecular flexibility index (Phi) is 72.3. The van der Waals surface area contributed by atoms with Crippen molar-refractivity contribution in [2.45, 2.75) is 367 Å². The van der Waals surface area contributed by atoms with Crippen molar-refractivity contribution in [2.75, 3.05) is 13.2 Å². The maximum atomic E-state index is 12.4. The zero-order valence-electron chi connectivity index (χ0n) is 56.8. The molecule has 0 rings (SSSR count). The monoisotopic (exact) mass is 1190 g/mol. The largest absolute Gasteiger partial charge is 0.462 e. The molecule has 0 aromatic heterocycles. The Hall–Kier alpha value is -3.70. The van der Waals surface area contributed by atoms with Gasteiger partial charge in [-0.25, -0.2) is 0 Å². The molecule has 1 N–H and O–H groups in total. The highest BCUT2D eigenvalue weighted by Crippen LogP contribution is 2.18. The third kappa shape index (κ3) is 72.8. The van der Waals surface area contributed by atoms with Crippen LogP contribution in [0, 0.1) is 0 Å². The number of carbonyl (C=O) groups is 2. The molecular formula is C81H140O5. The molecule has 0 aromatic rings. The first-order valence-electron chi connectivity index (χ1n) is 37.1. The summed E-state index contributed by atoms with van der Waals surface area (Å²) < 4.78 is 10.8. The first kappa shape index (κ1) is 82.3. The second-order valence-corrected chi connectivity index (χ2v) is 24.6. The van der Waals surface area contributed by atoms with Gasteiger partial charge in [-0.1, -0.05) is 360 Å². The van der Waals surface area contributed by atoms with Gasteiger partial charge in [-0.05, 0) is 109 Å². The molecule has 0 aliphatic carbocycles. The lowest BCUT2D eigenvalue weighted by Crippen LogP contribution is -2.28. The first-order chi connectivity index (χ1) is 42.6. The lowest BCUT2D eigenvalue weighted by molar-refractivity contribution is -0.161. The zero-order valence-corrected chi connectivity index (χ0v) is 56.8. The SMILES string of the molecule is CC/C=C\C/C=C\C/C=C\C/C=C\C/C=C\C/C=C\C/C=C\C/C=C\CCCCCCCCC(=O)OC(CO)COC(=O)CCCCCCCCCCCCCCCCCCCCCCCCCCCCCCC/C=C\C/C=C\CCCCCCC. The molecule has 86 heavy (non-hydrogen) atoms. The van der Waals surface area contributed by atoms with Crippen molar-refractivity contribution in [3.05, 3.63) is 122 Å². The van der Waals surface area contributed by atoms with Crippen molar-refractivity contribution in [3.8, 4) is 0 Å². The van der Waals surface area contributed by atoms with Gasteiger partial charge in [0.15, 0.2) is 6.10 Å². The van der Waals surface area contributed by atoms with Crippen LogP contribution >= 0.6 is 0 Å². The molecule has 0 amide bonds. The van der Waals surface area contributed by atoms with Gasteiger partial charge in [0.2, 0.25) is 0 Å². The van der Waals surface area contributed by atoms with Crippen molar-refractivity contribution < 1.29 is 24.2 Å². The second-order valence-electron chi connectivity index (χ2n) is 24.6. The number of esters is 2. The normalized spacial score (nSPS) is 12.9. The summed E-state index contributed by atoms with van der Waals surface area (Å²) in [6.45, 7) is 4.03. The molecule has 0 heterocycles. The number of rotatable bonds is 68. The molecule has 0 aliphatic heterocycles. The van der Waals surface area contributed by atoms with E-state index in [1.54, 1.807) is 0 Å². The van der Waals surface area contributed by atoms with Gasteiger partial charge in [-0.2, -0.15) is 0 Å². The summed E-state index contributed by atoms with van der Waals surface area (Å²) in [6.07, 6.45) is 111. The van der Waals surface area contributed by atoms with Gasteiger partial charge in [0.1, 0.15) is 6.61 Å². The molecule has 5 heteroatoms. The van der Waals surface area contributed by atoms with E-state index in [2.05, 4.69) is 135 Å². The number of ether oxygens (including phenoxy) is 2. The maximum Gasteiger partial charge on any atom is 0.306 e. The van der Waals surface area contributed by atoms with Crippen LogP contribution in [-0.2, 0) is 19.1 Å². The highest BCUT2D eigenvalue weighted by Gasteiger charge is 2.16. The molecule has 0 saturated heterocycles. The predicted octanol–water partition coefficient (Wildman–Crippen LogP) is 26.1. The minimum Gasteiger partial charge on any atom is -0.462 e. The molecule has 0 radical (unpaired) electrons. The van der Waals surface area contributed by atoms with Crippen LogP contribution in [0.1, 0.15) is 361 Å². The topological polar surface area (TPSA) is 72.8 Å². The quantitative estimate of drug-likeness (QED) is 0.0373. The molecule has 0 saturated carbocycles. The molecule has 1 unspecified atom stereocenters. The molecule has 494 valence electrons. The third-order valence-corrected chi connectivity index (χ3v) is 16.2. The fourth-order valence-corrected chi connectivity index (χ4v) is 10.7. The molecular weight excluding hydrogens is 1050 g/mol. The Balaban J connectivity index is 3.46. The van der Waals surface area contributed by atoms with Crippen LogP contribution in [0.25, 0.3) is 0 Å². The fraction of sp³-hybridized carbons (Fsp3) is 0.728. The van der Waals surface area contributed by atoms with Crippen molar-refractivity contribution in [1.29, 1.82) is 0 Å². The average Bonchev–Trinajstić information content (AvgIpc) is 3.55. The lowest BCUT2D eigenvalue weighted by atomic mass is 10.0. The minimum absolute atomic E-state index is 0.0750. The van der Waals surface area contributed by atoms with Gasteiger partial charge in [-0.15, -0.1) is 0 Å². The van der Waals surface area contributed by atoms with Gasteiger partial charge in [0.05, 0.1) is 6.61 Å². The summed E-state index contributed by atoms with van der Waals surface area (Å²) in [7, 11) is 0. The number of carbonyl (C=O) groups excluding carboxylic acids is 2. The van der Waals surface area contributed by atoms with Crippen LogP contribution in [0.4, 0.5) is 0 Å². The Labute approximate surface area is 534 Å². The van der Waals surface area contributed by atoms with Crippen molar-refractivity contribution in [3.63, 3.8) is 0 Å². The van der Waals surface area contributed by atoms with Crippen molar-refractivity contribution in [1.82, 2.24) is 0 Å². The summed E-state index contributed by atoms with van der Waals surface area (Å²) in [4.78, 5) is 24.7. The van der Waals surface area contributed by atoms with E-state index in [0.29, 0.717) is 12.8 Å². The fourth-order valence-electron chi connectivity index (χ4n) is 10.7. The number of hydrogen-bond acceptors (Lipinski definition) is 5. The van der Waals surface area contributed by atoms with Gasteiger partial charge >= 0.3 is 11.9 Å². The van der Waals surface area contributed by atoms with Gasteiger partial charge < -0.3 is 14.6 Å². The number of allylic oxidation sites excluding steroid dienone is 20. The van der Waals surface area contributed by atoms with Gasteiger partial charge in [0, 0.05) is 12.8 Å². The zero-order chi connectivity index (χ0) is 61.9. The molecule has 0 aliphatic rings. The second kappa shape index (κ2) is 75.5.